The van der Waals surface area contributed by atoms with Gasteiger partial charge in [-0.1, -0.05) is 50.1 Å². The summed E-state index contributed by atoms with van der Waals surface area (Å²) in [6.45, 7) is 2.06. The van der Waals surface area contributed by atoms with Crippen LogP contribution in [-0.2, 0) is 4.79 Å². The number of carbonyl (C=O) groups is 2. The zero-order chi connectivity index (χ0) is 18.9. The molecule has 0 saturated carbocycles. The molecule has 0 aliphatic rings. The number of hydrogen-bond donors (Lipinski definition) is 2. The van der Waals surface area contributed by atoms with Crippen LogP contribution in [0.3, 0.4) is 0 Å². The Balaban J connectivity index is 2.30. The Morgan fingerprint density at radius 3 is 2.54 bits per heavy atom. The minimum Gasteiger partial charge on any atom is -0.475 e. The van der Waals surface area contributed by atoms with Gasteiger partial charge in [0.1, 0.15) is 11.7 Å². The van der Waals surface area contributed by atoms with E-state index in [4.69, 9.17) is 10.5 Å². The van der Waals surface area contributed by atoms with E-state index in [2.05, 4.69) is 11.9 Å². The number of unbranched alkanes of at least 4 members (excludes halogenated alkanes) is 1. The van der Waals surface area contributed by atoms with Gasteiger partial charge in [0, 0.05) is 24.2 Å². The van der Waals surface area contributed by atoms with Crippen molar-refractivity contribution < 1.29 is 14.3 Å². The van der Waals surface area contributed by atoms with E-state index in [1.165, 1.54) is 12.3 Å². The molecule has 0 spiro atoms. The van der Waals surface area contributed by atoms with Gasteiger partial charge in [-0.25, -0.2) is 0 Å². The summed E-state index contributed by atoms with van der Waals surface area (Å²) in [5.74, 6) is -0.666. The monoisotopic (exact) mass is 356 g/mol. The largest absolute Gasteiger partial charge is 0.475 e. The van der Waals surface area contributed by atoms with Gasteiger partial charge < -0.3 is 15.5 Å². The highest BCUT2D eigenvalue weighted by Gasteiger charge is 2.21. The molecule has 138 valence electrons. The van der Waals surface area contributed by atoms with Crippen LogP contribution in [0.1, 0.15) is 54.9 Å². The number of ether oxygens (including phenoxy) is 1. The molecule has 26 heavy (non-hydrogen) atoms. The molecule has 2 aromatic rings. The van der Waals surface area contributed by atoms with Crippen molar-refractivity contribution in [2.75, 3.05) is 0 Å². The van der Waals surface area contributed by atoms with Gasteiger partial charge in [-0.05, 0) is 12.8 Å². The van der Waals surface area contributed by atoms with E-state index in [1.54, 1.807) is 30.3 Å². The molecule has 6 nitrogen and oxygen atoms in total. The quantitative estimate of drug-likeness (QED) is 0.639. The number of rotatable bonds is 10. The summed E-state index contributed by atoms with van der Waals surface area (Å²) in [6.07, 6.45) is 4.35. The maximum atomic E-state index is 12.8. The molecule has 0 aliphatic carbocycles. The first-order valence-corrected chi connectivity index (χ1v) is 8.79. The number of nitrogens with one attached hydrogen (secondary N) is 1. The average Bonchev–Trinajstić information content (AvgIpc) is 2.64. The van der Waals surface area contributed by atoms with Crippen molar-refractivity contribution in [3.63, 3.8) is 0 Å². The first kappa shape index (κ1) is 19.4. The van der Waals surface area contributed by atoms with Crippen molar-refractivity contribution in [1.29, 1.82) is 0 Å². The first-order valence-electron chi connectivity index (χ1n) is 8.79. The third-order valence-corrected chi connectivity index (χ3v) is 4.06. The van der Waals surface area contributed by atoms with Gasteiger partial charge in [0.2, 0.25) is 17.6 Å². The minimum atomic E-state index is -0.406. The molecule has 2 rings (SSSR count). The van der Waals surface area contributed by atoms with Crippen LogP contribution in [0.2, 0.25) is 0 Å². The van der Waals surface area contributed by atoms with Crippen LogP contribution >= 0.6 is 0 Å². The fourth-order valence-electron chi connectivity index (χ4n) is 2.67. The SMILES string of the molecule is CCCCC(CCC(N)=O)Oc1[nH]ccc(=O)c1C(=O)c1ccccc1. The van der Waals surface area contributed by atoms with E-state index in [0.717, 1.165) is 12.8 Å². The lowest BCUT2D eigenvalue weighted by molar-refractivity contribution is -0.118. The van der Waals surface area contributed by atoms with Crippen LogP contribution in [0.15, 0.2) is 47.4 Å². The summed E-state index contributed by atoms with van der Waals surface area (Å²) in [6, 6.07) is 9.88. The normalized spacial score (nSPS) is 11.7. The lowest BCUT2D eigenvalue weighted by Crippen LogP contribution is -2.25. The zero-order valence-electron chi connectivity index (χ0n) is 14.9. The maximum absolute atomic E-state index is 12.8. The molecule has 1 heterocycles. The standard InChI is InChI=1S/C20H24N2O4/c1-2-3-9-15(10-11-17(21)24)26-20-18(16(23)12-13-22-20)19(25)14-7-5-4-6-8-14/h4-8,12-13,15H,2-3,9-11H2,1H3,(H2,21,24)(H,22,23). The van der Waals surface area contributed by atoms with Crippen molar-refractivity contribution >= 4 is 11.7 Å². The van der Waals surface area contributed by atoms with Crippen molar-refractivity contribution in [3.8, 4) is 5.88 Å². The third-order valence-electron chi connectivity index (χ3n) is 4.06. The predicted molar refractivity (Wildman–Crippen MR) is 99.3 cm³/mol. The number of primary amides is 1. The van der Waals surface area contributed by atoms with Gasteiger partial charge in [0.15, 0.2) is 5.43 Å². The van der Waals surface area contributed by atoms with Crippen LogP contribution in [0, 0.1) is 0 Å². The fourth-order valence-corrected chi connectivity index (χ4v) is 2.67. The van der Waals surface area contributed by atoms with Crippen molar-refractivity contribution in [2.45, 2.75) is 45.1 Å². The van der Waals surface area contributed by atoms with E-state index < -0.39 is 17.1 Å². The summed E-state index contributed by atoms with van der Waals surface area (Å²) in [7, 11) is 0. The maximum Gasteiger partial charge on any atom is 0.217 e. The zero-order valence-corrected chi connectivity index (χ0v) is 14.9. The number of aromatic amines is 1. The Labute approximate surface area is 152 Å². The van der Waals surface area contributed by atoms with Gasteiger partial charge in [0.25, 0.3) is 0 Å². The summed E-state index contributed by atoms with van der Waals surface area (Å²) in [4.78, 5) is 39.1. The Bertz CT molecular complexity index is 799. The summed E-state index contributed by atoms with van der Waals surface area (Å²) in [5.41, 5.74) is 5.21. The molecule has 1 atom stereocenters. The fraction of sp³-hybridized carbons (Fsp3) is 0.350. The molecule has 0 fully saturated rings. The first-order chi connectivity index (χ1) is 12.5. The van der Waals surface area contributed by atoms with E-state index in [0.29, 0.717) is 18.4 Å². The van der Waals surface area contributed by atoms with Gasteiger partial charge in [-0.2, -0.15) is 0 Å². The molecule has 1 aromatic carbocycles. The highest BCUT2D eigenvalue weighted by Crippen LogP contribution is 2.20. The summed E-state index contributed by atoms with van der Waals surface area (Å²) < 4.78 is 5.94. The summed E-state index contributed by atoms with van der Waals surface area (Å²) >= 11 is 0. The topological polar surface area (TPSA) is 102 Å². The number of benzene rings is 1. The Morgan fingerprint density at radius 2 is 1.88 bits per heavy atom. The Kier molecular flexibility index (Phi) is 7.14. The van der Waals surface area contributed by atoms with Gasteiger partial charge >= 0.3 is 0 Å². The Hall–Kier alpha value is -2.89. The number of nitrogens with two attached hydrogens (primary N) is 1. The van der Waals surface area contributed by atoms with Crippen LogP contribution < -0.4 is 15.9 Å². The van der Waals surface area contributed by atoms with Gasteiger partial charge in [-0.3, -0.25) is 14.4 Å². The average molecular weight is 356 g/mol. The summed E-state index contributed by atoms with van der Waals surface area (Å²) in [5, 5.41) is 0. The minimum absolute atomic E-state index is 0.0285. The van der Waals surface area contributed by atoms with E-state index >= 15 is 0 Å². The van der Waals surface area contributed by atoms with E-state index in [1.807, 2.05) is 0 Å². The Morgan fingerprint density at radius 1 is 1.15 bits per heavy atom. The lowest BCUT2D eigenvalue weighted by atomic mass is 10.0. The second kappa shape index (κ2) is 9.56. The molecule has 0 bridgehead atoms. The molecule has 0 saturated heterocycles. The van der Waals surface area contributed by atoms with E-state index in [9.17, 15) is 14.4 Å². The van der Waals surface area contributed by atoms with Crippen LogP contribution in [0.25, 0.3) is 0 Å². The highest BCUT2D eigenvalue weighted by atomic mass is 16.5. The molecule has 0 aliphatic heterocycles. The van der Waals surface area contributed by atoms with Crippen LogP contribution in [-0.4, -0.2) is 22.8 Å². The van der Waals surface area contributed by atoms with Crippen LogP contribution in [0.4, 0.5) is 0 Å². The molecule has 6 heteroatoms. The number of pyridine rings is 1. The molecule has 0 radical (unpaired) electrons. The number of hydrogen-bond acceptors (Lipinski definition) is 4. The highest BCUT2D eigenvalue weighted by molar-refractivity contribution is 6.10. The molecule has 1 aromatic heterocycles. The lowest BCUT2D eigenvalue weighted by Gasteiger charge is -2.19. The number of amides is 1. The number of aromatic nitrogens is 1. The number of ketones is 1. The second-order valence-electron chi connectivity index (χ2n) is 6.13. The van der Waals surface area contributed by atoms with Crippen molar-refractivity contribution in [3.05, 3.63) is 63.9 Å². The molecule has 1 unspecified atom stereocenters. The second-order valence-corrected chi connectivity index (χ2v) is 6.13. The molecular weight excluding hydrogens is 332 g/mol. The van der Waals surface area contributed by atoms with Crippen molar-refractivity contribution in [1.82, 2.24) is 4.98 Å². The molecular formula is C20H24N2O4. The van der Waals surface area contributed by atoms with Crippen molar-refractivity contribution in [2.24, 2.45) is 5.73 Å². The number of H-pyrrole nitrogens is 1. The van der Waals surface area contributed by atoms with Crippen LogP contribution in [0.5, 0.6) is 5.88 Å². The predicted octanol–water partition coefficient (Wildman–Crippen LogP) is 2.81. The van der Waals surface area contributed by atoms with Gasteiger partial charge in [-0.15, -0.1) is 0 Å². The molecule has 1 amide bonds. The third kappa shape index (κ3) is 5.31. The van der Waals surface area contributed by atoms with Gasteiger partial charge in [0.05, 0.1) is 0 Å². The van der Waals surface area contributed by atoms with E-state index in [-0.39, 0.29) is 24.0 Å². The number of carbonyl (C=O) groups excluding carboxylic acids is 2. The smallest absolute Gasteiger partial charge is 0.217 e. The molecule has 3 N–H and O–H groups in total.